The Morgan fingerprint density at radius 1 is 1.11 bits per heavy atom. The lowest BCUT2D eigenvalue weighted by Crippen LogP contribution is -2.18. The summed E-state index contributed by atoms with van der Waals surface area (Å²) in [4.78, 5) is 30.8. The Balaban J connectivity index is 1.82. The van der Waals surface area contributed by atoms with E-state index in [2.05, 4.69) is 10.3 Å². The van der Waals surface area contributed by atoms with Crippen LogP contribution in [0.2, 0.25) is 0 Å². The number of anilines is 1. The van der Waals surface area contributed by atoms with Crippen LogP contribution >= 0.6 is 23.1 Å². The molecule has 1 heterocycles. The molecule has 3 rings (SSSR count). The van der Waals surface area contributed by atoms with Gasteiger partial charge in [-0.2, -0.15) is 0 Å². The monoisotopic (exact) mass is 412 g/mol. The van der Waals surface area contributed by atoms with Crippen molar-refractivity contribution >= 4 is 40.1 Å². The first kappa shape index (κ1) is 20.1. The Bertz CT molecular complexity index is 943. The maximum absolute atomic E-state index is 13.1. The second-order valence-electron chi connectivity index (χ2n) is 5.86. The normalized spacial score (nSPS) is 11.6. The van der Waals surface area contributed by atoms with Crippen LogP contribution in [-0.2, 0) is 9.53 Å². The number of thioether (sulfide) groups is 1. The summed E-state index contributed by atoms with van der Waals surface area (Å²) in [5.41, 5.74) is 1.44. The Kier molecular flexibility index (Phi) is 6.84. The molecule has 2 aromatic carbocycles. The van der Waals surface area contributed by atoms with E-state index in [1.165, 1.54) is 11.8 Å². The predicted octanol–water partition coefficient (Wildman–Crippen LogP) is 5.10. The minimum atomic E-state index is -0.446. The van der Waals surface area contributed by atoms with Crippen molar-refractivity contribution in [2.45, 2.75) is 24.0 Å². The molecule has 0 saturated heterocycles. The second-order valence-corrected chi connectivity index (χ2v) is 8.04. The van der Waals surface area contributed by atoms with Crippen LogP contribution in [0.1, 0.15) is 33.1 Å². The zero-order valence-electron chi connectivity index (χ0n) is 15.5. The van der Waals surface area contributed by atoms with Crippen molar-refractivity contribution in [1.82, 2.24) is 4.98 Å². The maximum Gasteiger partial charge on any atom is 0.350 e. The fourth-order valence-electron chi connectivity index (χ4n) is 2.54. The van der Waals surface area contributed by atoms with Gasteiger partial charge in [0.05, 0.1) is 12.3 Å². The number of ether oxygens (including phenoxy) is 1. The molecule has 144 valence electrons. The van der Waals surface area contributed by atoms with E-state index < -0.39 is 11.2 Å². The number of hydrogen-bond donors (Lipinski definition) is 1. The highest BCUT2D eigenvalue weighted by molar-refractivity contribution is 8.00. The lowest BCUT2D eigenvalue weighted by molar-refractivity contribution is -0.115. The molecule has 0 radical (unpaired) electrons. The molecule has 0 saturated carbocycles. The summed E-state index contributed by atoms with van der Waals surface area (Å²) in [5, 5.41) is 2.80. The molecule has 0 aliphatic carbocycles. The SMILES string of the molecule is CCOC(=O)c1sc(NC(=O)C(Sc2ccccc2)c2ccccc2)nc1C. The summed E-state index contributed by atoms with van der Waals surface area (Å²) in [6.07, 6.45) is 0. The van der Waals surface area contributed by atoms with Gasteiger partial charge in [0.1, 0.15) is 10.1 Å². The van der Waals surface area contributed by atoms with E-state index in [4.69, 9.17) is 4.74 Å². The maximum atomic E-state index is 13.1. The number of carbonyl (C=O) groups is 2. The van der Waals surface area contributed by atoms with Crippen LogP contribution in [-0.4, -0.2) is 23.5 Å². The molecule has 0 spiro atoms. The van der Waals surface area contributed by atoms with Gasteiger partial charge in [-0.3, -0.25) is 4.79 Å². The first-order valence-corrected chi connectivity index (χ1v) is 10.5. The minimum Gasteiger partial charge on any atom is -0.462 e. The average molecular weight is 413 g/mol. The van der Waals surface area contributed by atoms with E-state index in [9.17, 15) is 9.59 Å². The molecule has 1 amide bonds. The number of aromatic nitrogens is 1. The van der Waals surface area contributed by atoms with Crippen LogP contribution in [0.15, 0.2) is 65.6 Å². The number of carbonyl (C=O) groups excluding carboxylic acids is 2. The lowest BCUT2D eigenvalue weighted by atomic mass is 10.1. The summed E-state index contributed by atoms with van der Waals surface area (Å²) in [6, 6.07) is 19.4. The predicted molar refractivity (Wildman–Crippen MR) is 113 cm³/mol. The third kappa shape index (κ3) is 4.99. The molecular weight excluding hydrogens is 392 g/mol. The van der Waals surface area contributed by atoms with E-state index in [0.29, 0.717) is 22.3 Å². The van der Waals surface area contributed by atoms with Gasteiger partial charge in [-0.1, -0.05) is 59.9 Å². The van der Waals surface area contributed by atoms with Gasteiger partial charge in [0.25, 0.3) is 0 Å². The van der Waals surface area contributed by atoms with Crippen molar-refractivity contribution < 1.29 is 14.3 Å². The zero-order valence-corrected chi connectivity index (χ0v) is 17.2. The van der Waals surface area contributed by atoms with Gasteiger partial charge in [-0.15, -0.1) is 11.8 Å². The first-order valence-electron chi connectivity index (χ1n) is 8.80. The molecule has 0 aliphatic heterocycles. The number of rotatable bonds is 7. The molecule has 0 fully saturated rings. The van der Waals surface area contributed by atoms with Crippen LogP contribution in [0.5, 0.6) is 0 Å². The van der Waals surface area contributed by atoms with E-state index >= 15 is 0 Å². The largest absolute Gasteiger partial charge is 0.462 e. The molecule has 7 heteroatoms. The van der Waals surface area contributed by atoms with Crippen molar-refractivity contribution in [2.75, 3.05) is 11.9 Å². The summed E-state index contributed by atoms with van der Waals surface area (Å²) in [7, 11) is 0. The number of thiazole rings is 1. The van der Waals surface area contributed by atoms with Crippen molar-refractivity contribution in [2.24, 2.45) is 0 Å². The molecule has 3 aromatic rings. The van der Waals surface area contributed by atoms with E-state index in [1.807, 2.05) is 60.7 Å². The van der Waals surface area contributed by atoms with E-state index in [-0.39, 0.29) is 5.91 Å². The Morgan fingerprint density at radius 3 is 2.39 bits per heavy atom. The Morgan fingerprint density at radius 2 is 1.75 bits per heavy atom. The van der Waals surface area contributed by atoms with E-state index in [1.54, 1.807) is 13.8 Å². The number of aryl methyl sites for hydroxylation is 1. The number of hydrogen-bond acceptors (Lipinski definition) is 6. The third-order valence-corrected chi connectivity index (χ3v) is 6.14. The smallest absolute Gasteiger partial charge is 0.350 e. The molecule has 5 nitrogen and oxygen atoms in total. The van der Waals surface area contributed by atoms with Gasteiger partial charge < -0.3 is 10.1 Å². The van der Waals surface area contributed by atoms with Crippen molar-refractivity contribution in [3.8, 4) is 0 Å². The molecular formula is C21H20N2O3S2. The fourth-order valence-corrected chi connectivity index (χ4v) is 4.45. The number of nitrogens with zero attached hydrogens (tertiary/aromatic N) is 1. The number of nitrogens with one attached hydrogen (secondary N) is 1. The van der Waals surface area contributed by atoms with Gasteiger partial charge in [0.2, 0.25) is 5.91 Å². The molecule has 0 aliphatic rings. The molecule has 28 heavy (non-hydrogen) atoms. The summed E-state index contributed by atoms with van der Waals surface area (Å²) in [5.74, 6) is -0.611. The van der Waals surface area contributed by atoms with Crippen LogP contribution < -0.4 is 5.32 Å². The zero-order chi connectivity index (χ0) is 19.9. The highest BCUT2D eigenvalue weighted by Crippen LogP contribution is 2.36. The van der Waals surface area contributed by atoms with Crippen LogP contribution in [0.3, 0.4) is 0 Å². The first-order chi connectivity index (χ1) is 13.6. The molecule has 1 atom stereocenters. The van der Waals surface area contributed by atoms with Crippen molar-refractivity contribution in [1.29, 1.82) is 0 Å². The standard InChI is InChI=1S/C21H20N2O3S2/c1-3-26-20(25)17-14(2)22-21(28-17)23-19(24)18(15-10-6-4-7-11-15)27-16-12-8-5-9-13-16/h4-13,18H,3H2,1-2H3,(H,22,23,24). The van der Waals surface area contributed by atoms with Gasteiger partial charge in [0, 0.05) is 4.90 Å². The van der Waals surface area contributed by atoms with Gasteiger partial charge in [0.15, 0.2) is 5.13 Å². The third-order valence-electron chi connectivity index (χ3n) is 3.83. The number of benzene rings is 2. The summed E-state index contributed by atoms with van der Waals surface area (Å²) >= 11 is 2.60. The van der Waals surface area contributed by atoms with E-state index in [0.717, 1.165) is 21.8 Å². The minimum absolute atomic E-state index is 0.191. The molecule has 1 N–H and O–H groups in total. The second kappa shape index (κ2) is 9.52. The van der Waals surface area contributed by atoms with Crippen molar-refractivity contribution in [3.63, 3.8) is 0 Å². The molecule has 1 aromatic heterocycles. The summed E-state index contributed by atoms with van der Waals surface area (Å²) < 4.78 is 5.04. The van der Waals surface area contributed by atoms with Gasteiger partial charge in [-0.25, -0.2) is 9.78 Å². The molecule has 1 unspecified atom stereocenters. The Hall–Kier alpha value is -2.64. The topological polar surface area (TPSA) is 68.3 Å². The number of esters is 1. The van der Waals surface area contributed by atoms with Gasteiger partial charge >= 0.3 is 5.97 Å². The highest BCUT2D eigenvalue weighted by atomic mass is 32.2. The molecule has 0 bridgehead atoms. The quantitative estimate of drug-likeness (QED) is 0.432. The lowest BCUT2D eigenvalue weighted by Gasteiger charge is -2.16. The highest BCUT2D eigenvalue weighted by Gasteiger charge is 2.24. The summed E-state index contributed by atoms with van der Waals surface area (Å²) in [6.45, 7) is 3.77. The van der Waals surface area contributed by atoms with Crippen molar-refractivity contribution in [3.05, 3.63) is 76.8 Å². The number of amides is 1. The van der Waals surface area contributed by atoms with Gasteiger partial charge in [-0.05, 0) is 31.5 Å². The van der Waals surface area contributed by atoms with Crippen LogP contribution in [0, 0.1) is 6.92 Å². The fraction of sp³-hybridized carbons (Fsp3) is 0.190. The average Bonchev–Trinajstić information content (AvgIpc) is 3.08. The van der Waals surface area contributed by atoms with Crippen LogP contribution in [0.25, 0.3) is 0 Å². The Labute approximate surface area is 172 Å². The van der Waals surface area contributed by atoms with Crippen LogP contribution in [0.4, 0.5) is 5.13 Å².